The van der Waals surface area contributed by atoms with E-state index in [1.54, 1.807) is 13.3 Å². The van der Waals surface area contributed by atoms with E-state index >= 15 is 0 Å². The van der Waals surface area contributed by atoms with E-state index in [2.05, 4.69) is 34.0 Å². The topological polar surface area (TPSA) is 59.0 Å². The number of ether oxygens (including phenoxy) is 2. The second kappa shape index (κ2) is 10.0. The maximum atomic E-state index is 5.67. The zero-order valence-electron chi connectivity index (χ0n) is 15.0. The van der Waals surface area contributed by atoms with Crippen molar-refractivity contribution < 1.29 is 9.47 Å². The van der Waals surface area contributed by atoms with Gasteiger partial charge in [0.1, 0.15) is 6.61 Å². The summed E-state index contributed by atoms with van der Waals surface area (Å²) in [5.41, 5.74) is 1.36. The van der Waals surface area contributed by atoms with Gasteiger partial charge in [0.05, 0.1) is 6.61 Å². The predicted molar refractivity (Wildman–Crippen MR) is 107 cm³/mol. The van der Waals surface area contributed by atoms with Crippen molar-refractivity contribution in [3.8, 4) is 5.88 Å². The average molecular weight is 448 g/mol. The van der Waals surface area contributed by atoms with Gasteiger partial charge in [0.25, 0.3) is 0 Å². The summed E-state index contributed by atoms with van der Waals surface area (Å²) in [6.07, 6.45) is 2.93. The second-order valence-corrected chi connectivity index (χ2v) is 6.55. The van der Waals surface area contributed by atoms with Crippen LogP contribution in [0.5, 0.6) is 5.88 Å². The van der Waals surface area contributed by atoms with Crippen LogP contribution >= 0.6 is 24.0 Å². The number of nitrogens with zero attached hydrogens (tertiary/aromatic N) is 3. The SMILES string of the molecule is CN=C(NCc1cccnc1OCCOC)N1CCC(C)(C)C1.I. The molecule has 0 saturated carbocycles. The second-order valence-electron chi connectivity index (χ2n) is 6.55. The van der Waals surface area contributed by atoms with Crippen molar-refractivity contribution in [2.45, 2.75) is 26.8 Å². The van der Waals surface area contributed by atoms with Crippen molar-refractivity contribution >= 4 is 29.9 Å². The monoisotopic (exact) mass is 448 g/mol. The van der Waals surface area contributed by atoms with Crippen molar-refractivity contribution in [2.75, 3.05) is 40.5 Å². The maximum Gasteiger partial charge on any atom is 0.218 e. The fourth-order valence-corrected chi connectivity index (χ4v) is 2.71. The van der Waals surface area contributed by atoms with Crippen LogP contribution in [-0.4, -0.2) is 56.3 Å². The van der Waals surface area contributed by atoms with Gasteiger partial charge in [0.15, 0.2) is 5.96 Å². The molecule has 1 aromatic heterocycles. The Kier molecular flexibility index (Phi) is 8.75. The van der Waals surface area contributed by atoms with Gasteiger partial charge in [-0.1, -0.05) is 19.9 Å². The van der Waals surface area contributed by atoms with Crippen LogP contribution in [0, 0.1) is 5.41 Å². The highest BCUT2D eigenvalue weighted by molar-refractivity contribution is 14.0. The minimum absolute atomic E-state index is 0. The fourth-order valence-electron chi connectivity index (χ4n) is 2.71. The van der Waals surface area contributed by atoms with E-state index in [0.29, 0.717) is 31.1 Å². The fraction of sp³-hybridized carbons (Fsp3) is 0.647. The first-order chi connectivity index (χ1) is 11.1. The van der Waals surface area contributed by atoms with Gasteiger partial charge in [-0.2, -0.15) is 0 Å². The molecule has 24 heavy (non-hydrogen) atoms. The minimum atomic E-state index is 0. The number of hydrogen-bond donors (Lipinski definition) is 1. The third kappa shape index (κ3) is 6.08. The highest BCUT2D eigenvalue weighted by Gasteiger charge is 2.30. The van der Waals surface area contributed by atoms with E-state index in [1.165, 1.54) is 6.42 Å². The number of hydrogen-bond acceptors (Lipinski definition) is 4. The van der Waals surface area contributed by atoms with Gasteiger partial charge in [-0.25, -0.2) is 4.98 Å². The molecule has 1 aliphatic heterocycles. The molecule has 2 heterocycles. The minimum Gasteiger partial charge on any atom is -0.475 e. The first kappa shape index (κ1) is 21.0. The summed E-state index contributed by atoms with van der Waals surface area (Å²) in [6.45, 7) is 8.34. The number of methoxy groups -OCH3 is 1. The lowest BCUT2D eigenvalue weighted by atomic mass is 9.93. The first-order valence-corrected chi connectivity index (χ1v) is 8.07. The molecule has 7 heteroatoms. The van der Waals surface area contributed by atoms with Gasteiger partial charge >= 0.3 is 0 Å². The van der Waals surface area contributed by atoms with Crippen LogP contribution in [0.25, 0.3) is 0 Å². The predicted octanol–water partition coefficient (Wildman–Crippen LogP) is 2.53. The summed E-state index contributed by atoms with van der Waals surface area (Å²) in [6, 6.07) is 3.94. The first-order valence-electron chi connectivity index (χ1n) is 8.07. The zero-order chi connectivity index (χ0) is 16.7. The number of guanidine groups is 1. The molecule has 1 N–H and O–H groups in total. The van der Waals surface area contributed by atoms with Gasteiger partial charge in [-0.3, -0.25) is 4.99 Å². The summed E-state index contributed by atoms with van der Waals surface area (Å²) in [5, 5.41) is 3.42. The average Bonchev–Trinajstić information content (AvgIpc) is 2.89. The molecule has 1 aliphatic rings. The van der Waals surface area contributed by atoms with Crippen LogP contribution in [0.3, 0.4) is 0 Å². The van der Waals surface area contributed by atoms with Crippen LogP contribution in [0.2, 0.25) is 0 Å². The number of aromatic nitrogens is 1. The Morgan fingerprint density at radius 1 is 1.42 bits per heavy atom. The van der Waals surface area contributed by atoms with E-state index < -0.39 is 0 Å². The Hall–Kier alpha value is -1.09. The zero-order valence-corrected chi connectivity index (χ0v) is 17.4. The Bertz CT molecular complexity index is 537. The molecule has 0 atom stereocenters. The van der Waals surface area contributed by atoms with Gasteiger partial charge in [0, 0.05) is 45.6 Å². The summed E-state index contributed by atoms with van der Waals surface area (Å²) in [7, 11) is 3.48. The normalized spacial score (nSPS) is 16.7. The van der Waals surface area contributed by atoms with E-state index in [0.717, 1.165) is 24.6 Å². The van der Waals surface area contributed by atoms with Gasteiger partial charge in [0.2, 0.25) is 5.88 Å². The lowest BCUT2D eigenvalue weighted by Gasteiger charge is -2.24. The van der Waals surface area contributed by atoms with Crippen LogP contribution in [-0.2, 0) is 11.3 Å². The maximum absolute atomic E-state index is 5.67. The van der Waals surface area contributed by atoms with E-state index in [9.17, 15) is 0 Å². The molecule has 1 aromatic rings. The molecule has 0 radical (unpaired) electrons. The van der Waals surface area contributed by atoms with E-state index in [4.69, 9.17) is 9.47 Å². The third-order valence-electron chi connectivity index (χ3n) is 4.00. The molecule has 0 aliphatic carbocycles. The summed E-state index contributed by atoms with van der Waals surface area (Å²) in [4.78, 5) is 11.0. The van der Waals surface area contributed by atoms with Crippen LogP contribution < -0.4 is 10.1 Å². The standard InChI is InChI=1S/C17H28N4O2.HI/c1-17(2)7-9-21(13-17)16(18-3)20-12-14-6-5-8-19-15(14)23-11-10-22-4;/h5-6,8H,7,9-13H2,1-4H3,(H,18,20);1H. The van der Waals surface area contributed by atoms with Crippen LogP contribution in [0.4, 0.5) is 0 Å². The molecule has 0 unspecified atom stereocenters. The lowest BCUT2D eigenvalue weighted by molar-refractivity contribution is 0.143. The number of pyridine rings is 1. The summed E-state index contributed by atoms with van der Waals surface area (Å²) < 4.78 is 10.7. The van der Waals surface area contributed by atoms with Crippen molar-refractivity contribution in [2.24, 2.45) is 10.4 Å². The quantitative estimate of drug-likeness (QED) is 0.314. The third-order valence-corrected chi connectivity index (χ3v) is 4.00. The van der Waals surface area contributed by atoms with E-state index in [-0.39, 0.29) is 24.0 Å². The molecule has 2 rings (SSSR count). The molecule has 0 spiro atoms. The van der Waals surface area contributed by atoms with Crippen LogP contribution in [0.15, 0.2) is 23.3 Å². The van der Waals surface area contributed by atoms with E-state index in [1.807, 2.05) is 19.2 Å². The summed E-state index contributed by atoms with van der Waals surface area (Å²) >= 11 is 0. The van der Waals surface area contributed by atoms with Crippen molar-refractivity contribution in [3.63, 3.8) is 0 Å². The number of halogens is 1. The molecule has 1 fully saturated rings. The van der Waals surface area contributed by atoms with Gasteiger partial charge in [-0.05, 0) is 17.9 Å². The van der Waals surface area contributed by atoms with Gasteiger partial charge in [-0.15, -0.1) is 24.0 Å². The molecule has 0 aromatic carbocycles. The number of rotatable bonds is 6. The number of nitrogens with one attached hydrogen (secondary N) is 1. The Labute approximate surface area is 162 Å². The molecule has 1 saturated heterocycles. The Morgan fingerprint density at radius 2 is 2.21 bits per heavy atom. The molecule has 0 amide bonds. The number of likely N-dealkylation sites (tertiary alicyclic amines) is 1. The largest absolute Gasteiger partial charge is 0.475 e. The molecular weight excluding hydrogens is 419 g/mol. The van der Waals surface area contributed by atoms with Crippen molar-refractivity contribution in [3.05, 3.63) is 23.9 Å². The van der Waals surface area contributed by atoms with Crippen molar-refractivity contribution in [1.82, 2.24) is 15.2 Å². The number of aliphatic imine (C=N–C) groups is 1. The molecule has 6 nitrogen and oxygen atoms in total. The van der Waals surface area contributed by atoms with Crippen LogP contribution in [0.1, 0.15) is 25.8 Å². The van der Waals surface area contributed by atoms with Gasteiger partial charge < -0.3 is 19.7 Å². The molecule has 136 valence electrons. The summed E-state index contributed by atoms with van der Waals surface area (Å²) in [5.74, 6) is 1.58. The highest BCUT2D eigenvalue weighted by atomic mass is 127. The smallest absolute Gasteiger partial charge is 0.218 e. The lowest BCUT2D eigenvalue weighted by Crippen LogP contribution is -2.40. The van der Waals surface area contributed by atoms with Crippen molar-refractivity contribution in [1.29, 1.82) is 0 Å². The highest BCUT2D eigenvalue weighted by Crippen LogP contribution is 2.28. The Balaban J connectivity index is 0.00000288. The molecule has 0 bridgehead atoms. The Morgan fingerprint density at radius 3 is 2.83 bits per heavy atom. The molecular formula is C17H29IN4O2.